The number of esters is 2. The summed E-state index contributed by atoms with van der Waals surface area (Å²) in [6, 6.07) is 19.2. The van der Waals surface area contributed by atoms with Gasteiger partial charge in [0.15, 0.2) is 12.2 Å². The van der Waals surface area contributed by atoms with E-state index in [2.05, 4.69) is 54.3 Å². The molecule has 1 heterocycles. The molecule has 1 aliphatic rings. The van der Waals surface area contributed by atoms with Gasteiger partial charge in [-0.3, -0.25) is 25.3 Å². The van der Waals surface area contributed by atoms with Crippen LogP contribution in [0.4, 0.5) is 10.5 Å². The monoisotopic (exact) mass is 649 g/mol. The summed E-state index contributed by atoms with van der Waals surface area (Å²) in [5.41, 5.74) is 6.24. The number of hydrogen-bond donors (Lipinski definition) is 3. The number of carbonyl (C=O) groups is 3. The van der Waals surface area contributed by atoms with Gasteiger partial charge in [-0.2, -0.15) is 0 Å². The van der Waals surface area contributed by atoms with E-state index in [1.165, 1.54) is 19.4 Å². The molecule has 3 aromatic carbocycles. The molecule has 5 atom stereocenters. The van der Waals surface area contributed by atoms with Crippen LogP contribution in [0.25, 0.3) is 16.5 Å². The number of aliphatic hydroxyl groups excluding tert-OH is 1. The van der Waals surface area contributed by atoms with Crippen LogP contribution in [0, 0.1) is 0 Å². The molecular formula is C35H43N3O9. The van der Waals surface area contributed by atoms with Crippen LogP contribution in [0.1, 0.15) is 51.3 Å². The lowest BCUT2D eigenvalue weighted by Crippen LogP contribution is -2.60. The van der Waals surface area contributed by atoms with Crippen molar-refractivity contribution in [3.8, 4) is 0 Å². The summed E-state index contributed by atoms with van der Waals surface area (Å²) in [7, 11) is 0. The Hall–Kier alpha value is -4.49. The van der Waals surface area contributed by atoms with Gasteiger partial charge in [0, 0.05) is 26.1 Å². The van der Waals surface area contributed by atoms with Crippen LogP contribution in [-0.4, -0.2) is 71.8 Å². The van der Waals surface area contributed by atoms with Gasteiger partial charge in [0.2, 0.25) is 6.29 Å². The standard InChI is InChI=1S/C35H43N3O9/c1-7-38(8-2)19-25-9-11-29-18-26(10-12-28(29)17-25)20-43-35(42)36-30-15-13-27(14-16-30)21(3)37-47-34-33(46-24(6)40)31(41)32(22(4)44-34)45-23(5)39/h9-18,22,31-34,37,41H,3,7-8,19-20H2,1-2,4-6H3,(H,36,42)/t22-,31+,32+,33-,34-/m0/s1. The fourth-order valence-electron chi connectivity index (χ4n) is 5.24. The lowest BCUT2D eigenvalue weighted by atomic mass is 9.99. The summed E-state index contributed by atoms with van der Waals surface area (Å²) in [5, 5.41) is 15.7. The second-order valence-corrected chi connectivity index (χ2v) is 11.3. The minimum absolute atomic E-state index is 0.117. The summed E-state index contributed by atoms with van der Waals surface area (Å²) in [4.78, 5) is 43.6. The third-order valence-electron chi connectivity index (χ3n) is 7.77. The molecule has 1 fully saturated rings. The maximum Gasteiger partial charge on any atom is 0.411 e. The van der Waals surface area contributed by atoms with Gasteiger partial charge in [0.05, 0.1) is 11.8 Å². The van der Waals surface area contributed by atoms with Crippen LogP contribution in [0.2, 0.25) is 0 Å². The maximum absolute atomic E-state index is 12.5. The van der Waals surface area contributed by atoms with E-state index < -0.39 is 48.7 Å². The minimum atomic E-state index is -1.39. The normalized spacial score (nSPS) is 20.8. The van der Waals surface area contributed by atoms with Gasteiger partial charge in [-0.25, -0.2) is 9.63 Å². The SMILES string of the molecule is C=C(NO[C@@H]1O[C@@H](C)[C@@H](OC(C)=O)[C@@H](O)[C@@H]1OC(C)=O)c1ccc(NC(=O)OCc2ccc3cc(CN(CC)CC)ccc3c2)cc1. The molecule has 0 spiro atoms. The van der Waals surface area contributed by atoms with Crippen molar-refractivity contribution < 1.29 is 43.3 Å². The maximum atomic E-state index is 12.5. The summed E-state index contributed by atoms with van der Waals surface area (Å²) < 4.78 is 21.5. The molecule has 0 aliphatic carbocycles. The first-order valence-electron chi connectivity index (χ1n) is 15.5. The highest BCUT2D eigenvalue weighted by Crippen LogP contribution is 2.27. The number of carbonyl (C=O) groups excluding carboxylic acids is 3. The molecule has 0 saturated carbocycles. The van der Waals surface area contributed by atoms with E-state index in [0.29, 0.717) is 16.9 Å². The van der Waals surface area contributed by atoms with Gasteiger partial charge < -0.3 is 24.1 Å². The van der Waals surface area contributed by atoms with Crippen molar-refractivity contribution in [1.82, 2.24) is 10.4 Å². The zero-order valence-electron chi connectivity index (χ0n) is 27.4. The predicted octanol–water partition coefficient (Wildman–Crippen LogP) is 4.89. The first-order chi connectivity index (χ1) is 22.5. The lowest BCUT2D eigenvalue weighted by Gasteiger charge is -2.41. The molecule has 12 heteroatoms. The molecule has 1 aliphatic heterocycles. The Morgan fingerprint density at radius 3 is 2.11 bits per heavy atom. The number of nitrogens with one attached hydrogen (secondary N) is 2. The lowest BCUT2D eigenvalue weighted by molar-refractivity contribution is -0.308. The summed E-state index contributed by atoms with van der Waals surface area (Å²) in [6.45, 7) is 15.3. The highest BCUT2D eigenvalue weighted by molar-refractivity contribution is 5.86. The van der Waals surface area contributed by atoms with Crippen LogP contribution in [-0.2, 0) is 46.5 Å². The topological polar surface area (TPSA) is 145 Å². The van der Waals surface area contributed by atoms with Crippen LogP contribution in [0.3, 0.4) is 0 Å². The van der Waals surface area contributed by atoms with E-state index in [1.54, 1.807) is 31.2 Å². The first kappa shape index (κ1) is 35.4. The molecule has 3 aromatic rings. The quantitative estimate of drug-likeness (QED) is 0.132. The molecule has 0 unspecified atom stereocenters. The molecular weight excluding hydrogens is 606 g/mol. The number of benzene rings is 3. The van der Waals surface area contributed by atoms with E-state index in [9.17, 15) is 19.5 Å². The van der Waals surface area contributed by atoms with Crippen LogP contribution >= 0.6 is 0 Å². The van der Waals surface area contributed by atoms with Crippen molar-refractivity contribution in [2.24, 2.45) is 0 Å². The number of hydroxylamine groups is 1. The number of fused-ring (bicyclic) bond motifs is 1. The highest BCUT2D eigenvalue weighted by atomic mass is 16.8. The first-order valence-corrected chi connectivity index (χ1v) is 15.5. The second-order valence-electron chi connectivity index (χ2n) is 11.3. The summed E-state index contributed by atoms with van der Waals surface area (Å²) >= 11 is 0. The molecule has 1 amide bonds. The fourth-order valence-corrected chi connectivity index (χ4v) is 5.24. The van der Waals surface area contributed by atoms with Crippen molar-refractivity contribution in [3.05, 3.63) is 83.9 Å². The van der Waals surface area contributed by atoms with Gasteiger partial charge in [0.1, 0.15) is 12.7 Å². The minimum Gasteiger partial charge on any atom is -0.457 e. The average Bonchev–Trinajstić information content (AvgIpc) is 3.05. The van der Waals surface area contributed by atoms with Crippen molar-refractivity contribution >= 4 is 40.2 Å². The van der Waals surface area contributed by atoms with E-state index in [0.717, 1.165) is 36.0 Å². The van der Waals surface area contributed by atoms with Gasteiger partial charge >= 0.3 is 18.0 Å². The fraction of sp³-hybridized carbons (Fsp3) is 0.400. The van der Waals surface area contributed by atoms with Crippen molar-refractivity contribution in [1.29, 1.82) is 0 Å². The number of hydrogen-bond acceptors (Lipinski definition) is 11. The number of ether oxygens (including phenoxy) is 4. The highest BCUT2D eigenvalue weighted by Gasteiger charge is 2.48. The molecule has 0 radical (unpaired) electrons. The van der Waals surface area contributed by atoms with E-state index in [4.69, 9.17) is 23.8 Å². The number of rotatable bonds is 13. The Bertz CT molecular complexity index is 1560. The molecule has 12 nitrogen and oxygen atoms in total. The Kier molecular flexibility index (Phi) is 12.3. The van der Waals surface area contributed by atoms with Crippen molar-refractivity contribution in [2.45, 2.75) is 78.5 Å². The Morgan fingerprint density at radius 1 is 0.894 bits per heavy atom. The van der Waals surface area contributed by atoms with E-state index in [-0.39, 0.29) is 6.61 Å². The van der Waals surface area contributed by atoms with E-state index >= 15 is 0 Å². The van der Waals surface area contributed by atoms with Crippen LogP contribution in [0.5, 0.6) is 0 Å². The number of anilines is 1. The zero-order valence-corrected chi connectivity index (χ0v) is 27.4. The van der Waals surface area contributed by atoms with Crippen molar-refractivity contribution in [3.63, 3.8) is 0 Å². The van der Waals surface area contributed by atoms with Crippen molar-refractivity contribution in [2.75, 3.05) is 18.4 Å². The van der Waals surface area contributed by atoms with Crippen LogP contribution < -0.4 is 10.8 Å². The van der Waals surface area contributed by atoms with Gasteiger partial charge in [-0.15, -0.1) is 0 Å². The smallest absolute Gasteiger partial charge is 0.411 e. The molecule has 0 bridgehead atoms. The molecule has 0 aromatic heterocycles. The average molecular weight is 650 g/mol. The summed E-state index contributed by atoms with van der Waals surface area (Å²) in [5.74, 6) is -1.30. The molecule has 47 heavy (non-hydrogen) atoms. The number of amides is 1. The number of nitrogens with zero attached hydrogens (tertiary/aromatic N) is 1. The molecule has 4 rings (SSSR count). The molecule has 3 N–H and O–H groups in total. The Labute approximate surface area is 274 Å². The van der Waals surface area contributed by atoms with Crippen LogP contribution in [0.15, 0.2) is 67.2 Å². The zero-order chi connectivity index (χ0) is 34.1. The third-order valence-corrected chi connectivity index (χ3v) is 7.77. The largest absolute Gasteiger partial charge is 0.457 e. The molecule has 252 valence electrons. The Balaban J connectivity index is 1.27. The Morgan fingerprint density at radius 2 is 1.49 bits per heavy atom. The number of aliphatic hydroxyl groups is 1. The third kappa shape index (κ3) is 9.75. The van der Waals surface area contributed by atoms with Gasteiger partial charge in [-0.1, -0.05) is 56.8 Å². The predicted molar refractivity (Wildman–Crippen MR) is 176 cm³/mol. The second kappa shape index (κ2) is 16.4. The van der Waals surface area contributed by atoms with E-state index in [1.807, 2.05) is 18.2 Å². The van der Waals surface area contributed by atoms with Gasteiger partial charge in [-0.05, 0) is 71.7 Å². The van der Waals surface area contributed by atoms with Gasteiger partial charge in [0.25, 0.3) is 0 Å². The summed E-state index contributed by atoms with van der Waals surface area (Å²) in [6.07, 6.45) is -6.33. The molecule has 1 saturated heterocycles.